The first-order valence-corrected chi connectivity index (χ1v) is 10.8. The number of benzene rings is 1. The van der Waals surface area contributed by atoms with Crippen molar-refractivity contribution in [2.45, 2.75) is 52.4 Å². The molecule has 1 aromatic heterocycles. The molecular weight excluding hydrogens is 396 g/mol. The maximum Gasteiger partial charge on any atom is 0.263 e. The second-order valence-corrected chi connectivity index (χ2v) is 7.15. The van der Waals surface area contributed by atoms with Gasteiger partial charge in [-0.3, -0.25) is 14.4 Å². The Morgan fingerprint density at radius 3 is 2.35 bits per heavy atom. The zero-order valence-electron chi connectivity index (χ0n) is 18.6. The van der Waals surface area contributed by atoms with Crippen LogP contribution in [0.1, 0.15) is 65.8 Å². The lowest BCUT2D eigenvalue weighted by Crippen LogP contribution is -2.32. The van der Waals surface area contributed by atoms with Crippen molar-refractivity contribution in [3.63, 3.8) is 0 Å². The van der Waals surface area contributed by atoms with Crippen LogP contribution in [0.25, 0.3) is 0 Å². The number of amides is 1. The van der Waals surface area contributed by atoms with Gasteiger partial charge in [0.25, 0.3) is 11.5 Å². The van der Waals surface area contributed by atoms with E-state index in [9.17, 15) is 14.4 Å². The second kappa shape index (κ2) is 12.8. The molecule has 0 unspecified atom stereocenters. The van der Waals surface area contributed by atoms with Crippen LogP contribution in [0, 0.1) is 0 Å². The van der Waals surface area contributed by atoms with Gasteiger partial charge in [0.15, 0.2) is 12.1 Å². The molecule has 1 heterocycles. The summed E-state index contributed by atoms with van der Waals surface area (Å²) in [6, 6.07) is 10.8. The van der Waals surface area contributed by atoms with Crippen LogP contribution in [-0.2, 0) is 16.0 Å². The minimum absolute atomic E-state index is 0.0305. The van der Waals surface area contributed by atoms with Crippen molar-refractivity contribution in [2.24, 2.45) is 0 Å². The molecule has 0 aliphatic heterocycles. The normalized spacial score (nSPS) is 11.0. The highest BCUT2D eigenvalue weighted by Crippen LogP contribution is 2.13. The van der Waals surface area contributed by atoms with E-state index >= 15 is 0 Å². The first-order valence-electron chi connectivity index (χ1n) is 10.8. The van der Waals surface area contributed by atoms with E-state index in [0.717, 1.165) is 12.0 Å². The fraction of sp³-hybridized carbons (Fsp3) is 0.458. The minimum Gasteiger partial charge on any atom is -0.355 e. The summed E-state index contributed by atoms with van der Waals surface area (Å²) in [5, 5.41) is 2.48. The first-order chi connectivity index (χ1) is 15.0. The molecule has 0 atom stereocenters. The van der Waals surface area contributed by atoms with E-state index in [-0.39, 0.29) is 24.2 Å². The van der Waals surface area contributed by atoms with Crippen molar-refractivity contribution in [3.8, 4) is 0 Å². The number of carbonyl (C=O) groups is 2. The molecule has 0 saturated heterocycles. The largest absolute Gasteiger partial charge is 0.355 e. The average molecular weight is 429 g/mol. The summed E-state index contributed by atoms with van der Waals surface area (Å²) in [7, 11) is 1.46. The number of rotatable bonds is 13. The maximum atomic E-state index is 12.8. The third-order valence-electron chi connectivity index (χ3n) is 4.87. The molecule has 7 heteroatoms. The Bertz CT molecular complexity index is 902. The average Bonchev–Trinajstić information content (AvgIpc) is 2.78. The van der Waals surface area contributed by atoms with E-state index in [1.807, 2.05) is 44.2 Å². The third-order valence-corrected chi connectivity index (χ3v) is 4.87. The van der Waals surface area contributed by atoms with E-state index < -0.39 is 11.5 Å². The Kier molecular flexibility index (Phi) is 10.1. The molecule has 0 aliphatic carbocycles. The summed E-state index contributed by atoms with van der Waals surface area (Å²) < 4.78 is 12.5. The molecule has 1 amide bonds. The molecule has 0 radical (unpaired) electrons. The number of aromatic nitrogens is 1. The SMILES string of the molecule is CCOC(CCCCC(=O)c1cc(C(=O)NC)c(=O)n(Cc2ccccc2)c1)OCC. The summed E-state index contributed by atoms with van der Waals surface area (Å²) in [6.45, 7) is 5.28. The Morgan fingerprint density at radius 1 is 1.06 bits per heavy atom. The summed E-state index contributed by atoms with van der Waals surface area (Å²) in [6.07, 6.45) is 3.78. The number of nitrogens with zero attached hydrogens (tertiary/aromatic N) is 1. The number of hydrogen-bond acceptors (Lipinski definition) is 5. The van der Waals surface area contributed by atoms with Crippen LogP contribution >= 0.6 is 0 Å². The molecule has 2 aromatic rings. The van der Waals surface area contributed by atoms with E-state index in [1.165, 1.54) is 17.7 Å². The number of ketones is 1. The number of ether oxygens (including phenoxy) is 2. The zero-order valence-corrected chi connectivity index (χ0v) is 18.6. The predicted octanol–water partition coefficient (Wildman–Crippen LogP) is 3.40. The molecule has 0 bridgehead atoms. The van der Waals surface area contributed by atoms with Crippen molar-refractivity contribution < 1.29 is 19.1 Å². The summed E-state index contributed by atoms with van der Waals surface area (Å²) in [5.74, 6) is -0.603. The molecule has 168 valence electrons. The Morgan fingerprint density at radius 2 is 1.74 bits per heavy atom. The van der Waals surface area contributed by atoms with Crippen molar-refractivity contribution in [1.29, 1.82) is 0 Å². The van der Waals surface area contributed by atoms with Crippen LogP contribution in [-0.4, -0.2) is 42.8 Å². The lowest BCUT2D eigenvalue weighted by atomic mass is 10.0. The highest BCUT2D eigenvalue weighted by molar-refractivity contribution is 6.00. The van der Waals surface area contributed by atoms with Crippen molar-refractivity contribution in [1.82, 2.24) is 9.88 Å². The highest BCUT2D eigenvalue weighted by Gasteiger charge is 2.17. The standard InChI is InChI=1S/C24H32N2O5/c1-4-30-22(31-5-2)14-10-9-13-21(27)19-15-20(23(28)25-3)24(29)26(17-19)16-18-11-7-6-8-12-18/h6-8,11-12,15,17,22H,4-5,9-10,13-14,16H2,1-3H3,(H,25,28). The predicted molar refractivity (Wildman–Crippen MR) is 119 cm³/mol. The van der Waals surface area contributed by atoms with Gasteiger partial charge in [0.2, 0.25) is 0 Å². The van der Waals surface area contributed by atoms with Gasteiger partial charge in [-0.05, 0) is 44.7 Å². The first kappa shape index (κ1) is 24.5. The number of unbranched alkanes of at least 4 members (excludes halogenated alkanes) is 1. The quantitative estimate of drug-likeness (QED) is 0.300. The lowest BCUT2D eigenvalue weighted by molar-refractivity contribution is -0.140. The van der Waals surface area contributed by atoms with Gasteiger partial charge < -0.3 is 19.4 Å². The summed E-state index contributed by atoms with van der Waals surface area (Å²) in [4.78, 5) is 37.8. The van der Waals surface area contributed by atoms with Crippen molar-refractivity contribution in [2.75, 3.05) is 20.3 Å². The molecule has 2 rings (SSSR count). The van der Waals surface area contributed by atoms with E-state index in [4.69, 9.17) is 9.47 Å². The van der Waals surface area contributed by atoms with Gasteiger partial charge >= 0.3 is 0 Å². The van der Waals surface area contributed by atoms with Crippen molar-refractivity contribution >= 4 is 11.7 Å². The monoisotopic (exact) mass is 428 g/mol. The second-order valence-electron chi connectivity index (χ2n) is 7.15. The van der Waals surface area contributed by atoms with Gasteiger partial charge in [-0.25, -0.2) is 0 Å². The van der Waals surface area contributed by atoms with Crippen LogP contribution in [0.15, 0.2) is 47.4 Å². The molecule has 7 nitrogen and oxygen atoms in total. The van der Waals surface area contributed by atoms with Gasteiger partial charge in [0, 0.05) is 38.4 Å². The third kappa shape index (κ3) is 7.45. The van der Waals surface area contributed by atoms with E-state index in [1.54, 1.807) is 6.20 Å². The fourth-order valence-corrected chi connectivity index (χ4v) is 3.31. The lowest BCUT2D eigenvalue weighted by Gasteiger charge is -2.16. The van der Waals surface area contributed by atoms with Gasteiger partial charge in [-0.1, -0.05) is 30.3 Å². The van der Waals surface area contributed by atoms with Gasteiger partial charge in [0.05, 0.1) is 6.54 Å². The molecule has 0 fully saturated rings. The topological polar surface area (TPSA) is 86.6 Å². The number of carbonyl (C=O) groups excluding carboxylic acids is 2. The van der Waals surface area contributed by atoms with Crippen LogP contribution in [0.2, 0.25) is 0 Å². The van der Waals surface area contributed by atoms with Gasteiger partial charge in [-0.2, -0.15) is 0 Å². The van der Waals surface area contributed by atoms with Gasteiger partial charge in [-0.15, -0.1) is 0 Å². The Hall–Kier alpha value is -2.77. The molecule has 0 saturated carbocycles. The molecule has 0 spiro atoms. The number of nitrogens with one attached hydrogen (secondary N) is 1. The van der Waals surface area contributed by atoms with E-state index in [2.05, 4.69) is 5.32 Å². The van der Waals surface area contributed by atoms with Crippen LogP contribution < -0.4 is 10.9 Å². The number of Topliss-reactive ketones (excluding diaryl/α,β-unsaturated/α-hetero) is 1. The molecular formula is C24H32N2O5. The Labute approximate surface area is 183 Å². The molecule has 1 N–H and O–H groups in total. The minimum atomic E-state index is -0.502. The van der Waals surface area contributed by atoms with Crippen molar-refractivity contribution in [3.05, 3.63) is 69.6 Å². The Balaban J connectivity index is 2.13. The summed E-state index contributed by atoms with van der Waals surface area (Å²) in [5.41, 5.74) is 0.823. The number of hydrogen-bond donors (Lipinski definition) is 1. The molecule has 0 aliphatic rings. The smallest absolute Gasteiger partial charge is 0.263 e. The molecule has 31 heavy (non-hydrogen) atoms. The van der Waals surface area contributed by atoms with Crippen LogP contribution in [0.5, 0.6) is 0 Å². The van der Waals surface area contributed by atoms with Crippen LogP contribution in [0.4, 0.5) is 0 Å². The van der Waals surface area contributed by atoms with Gasteiger partial charge in [0.1, 0.15) is 5.56 Å². The summed E-state index contributed by atoms with van der Waals surface area (Å²) >= 11 is 0. The fourth-order valence-electron chi connectivity index (χ4n) is 3.31. The van der Waals surface area contributed by atoms with E-state index in [0.29, 0.717) is 38.0 Å². The maximum absolute atomic E-state index is 12.8. The molecule has 1 aromatic carbocycles. The zero-order chi connectivity index (χ0) is 22.6. The van der Waals surface area contributed by atoms with Crippen LogP contribution in [0.3, 0.4) is 0 Å². The number of pyridine rings is 1. The highest BCUT2D eigenvalue weighted by atomic mass is 16.7.